The van der Waals surface area contributed by atoms with Crippen molar-refractivity contribution in [1.29, 1.82) is 0 Å². The molecule has 1 aliphatic rings. The summed E-state index contributed by atoms with van der Waals surface area (Å²) in [5, 5.41) is 9.47. The van der Waals surface area contributed by atoms with Crippen molar-refractivity contribution in [2.75, 3.05) is 0 Å². The van der Waals surface area contributed by atoms with E-state index in [1.807, 2.05) is 0 Å². The maximum absolute atomic E-state index is 13.4. The average molecular weight is 198 g/mol. The Kier molecular flexibility index (Phi) is 2.17. The van der Waals surface area contributed by atoms with Gasteiger partial charge in [0, 0.05) is 12.0 Å². The van der Waals surface area contributed by atoms with Crippen LogP contribution >= 0.6 is 0 Å². The van der Waals surface area contributed by atoms with E-state index in [1.165, 1.54) is 6.07 Å². The number of phenolic OH excluding ortho intramolecular Hbond substituents is 1. The second-order valence-corrected chi connectivity index (χ2v) is 3.76. The van der Waals surface area contributed by atoms with E-state index in [1.54, 1.807) is 18.2 Å². The third kappa shape index (κ3) is 1.47. The van der Waals surface area contributed by atoms with Gasteiger partial charge in [0.1, 0.15) is 5.75 Å². The lowest BCUT2D eigenvalue weighted by Crippen LogP contribution is -2.19. The molecule has 0 bridgehead atoms. The van der Waals surface area contributed by atoms with Gasteiger partial charge in [0.15, 0.2) is 0 Å². The van der Waals surface area contributed by atoms with Gasteiger partial charge in [0.25, 0.3) is 5.92 Å². The SMILES string of the molecule is Oc1ccccc1C1CCCC1(F)F. The highest BCUT2D eigenvalue weighted by Crippen LogP contribution is 2.48. The Morgan fingerprint density at radius 2 is 2.00 bits per heavy atom. The second kappa shape index (κ2) is 3.23. The average Bonchev–Trinajstić information content (AvgIpc) is 2.46. The van der Waals surface area contributed by atoms with E-state index in [9.17, 15) is 13.9 Å². The van der Waals surface area contributed by atoms with Gasteiger partial charge in [-0.2, -0.15) is 0 Å². The van der Waals surface area contributed by atoms with Gasteiger partial charge < -0.3 is 5.11 Å². The van der Waals surface area contributed by atoms with Crippen LogP contribution in [0, 0.1) is 0 Å². The molecule has 0 radical (unpaired) electrons. The molecule has 0 aromatic heterocycles. The summed E-state index contributed by atoms with van der Waals surface area (Å²) in [6, 6.07) is 6.37. The minimum absolute atomic E-state index is 0.0147. The molecular weight excluding hydrogens is 186 g/mol. The van der Waals surface area contributed by atoms with E-state index < -0.39 is 11.8 Å². The van der Waals surface area contributed by atoms with Crippen LogP contribution in [0.25, 0.3) is 0 Å². The molecule has 1 unspecified atom stereocenters. The van der Waals surface area contributed by atoms with E-state index in [2.05, 4.69) is 0 Å². The Hall–Kier alpha value is -1.12. The molecule has 0 spiro atoms. The van der Waals surface area contributed by atoms with Crippen molar-refractivity contribution in [2.24, 2.45) is 0 Å². The Labute approximate surface area is 81.4 Å². The second-order valence-electron chi connectivity index (χ2n) is 3.76. The molecule has 1 aromatic rings. The summed E-state index contributed by atoms with van der Waals surface area (Å²) in [4.78, 5) is 0. The largest absolute Gasteiger partial charge is 0.508 e. The first kappa shape index (κ1) is 9.44. The summed E-state index contributed by atoms with van der Waals surface area (Å²) in [6.07, 6.45) is 0.933. The molecule has 0 saturated heterocycles. The van der Waals surface area contributed by atoms with E-state index in [-0.39, 0.29) is 12.2 Å². The predicted octanol–water partition coefficient (Wildman–Crippen LogP) is 3.30. The van der Waals surface area contributed by atoms with Crippen molar-refractivity contribution in [3.8, 4) is 5.75 Å². The molecule has 0 heterocycles. The number of rotatable bonds is 1. The number of hydrogen-bond acceptors (Lipinski definition) is 1. The van der Waals surface area contributed by atoms with Crippen LogP contribution in [-0.4, -0.2) is 11.0 Å². The molecule has 76 valence electrons. The standard InChI is InChI=1S/C11H12F2O/c12-11(13)7-3-5-9(11)8-4-1-2-6-10(8)14/h1-2,4,6,9,14H,3,5,7H2. The van der Waals surface area contributed by atoms with Crippen LogP contribution in [0.1, 0.15) is 30.7 Å². The van der Waals surface area contributed by atoms with E-state index in [0.717, 1.165) is 0 Å². The maximum atomic E-state index is 13.4. The Morgan fingerprint density at radius 3 is 2.57 bits per heavy atom. The fourth-order valence-electron chi connectivity index (χ4n) is 2.09. The summed E-state index contributed by atoms with van der Waals surface area (Å²) in [7, 11) is 0. The highest BCUT2D eigenvalue weighted by atomic mass is 19.3. The molecular formula is C11H12F2O. The molecule has 1 nitrogen and oxygen atoms in total. The minimum Gasteiger partial charge on any atom is -0.508 e. The van der Waals surface area contributed by atoms with Crippen LogP contribution in [0.3, 0.4) is 0 Å². The van der Waals surface area contributed by atoms with Crippen molar-refractivity contribution in [1.82, 2.24) is 0 Å². The molecule has 3 heteroatoms. The first-order chi connectivity index (χ1) is 6.61. The van der Waals surface area contributed by atoms with Crippen LogP contribution in [0.2, 0.25) is 0 Å². The topological polar surface area (TPSA) is 20.2 Å². The zero-order chi connectivity index (χ0) is 10.2. The molecule has 1 aliphatic carbocycles. The van der Waals surface area contributed by atoms with Crippen molar-refractivity contribution in [3.05, 3.63) is 29.8 Å². The maximum Gasteiger partial charge on any atom is 0.255 e. The monoisotopic (exact) mass is 198 g/mol. The number of aromatic hydroxyl groups is 1. The molecule has 1 aromatic carbocycles. The fraction of sp³-hybridized carbons (Fsp3) is 0.455. The van der Waals surface area contributed by atoms with Gasteiger partial charge >= 0.3 is 0 Å². The molecule has 0 amide bonds. The van der Waals surface area contributed by atoms with Crippen molar-refractivity contribution in [3.63, 3.8) is 0 Å². The van der Waals surface area contributed by atoms with Crippen LogP contribution in [-0.2, 0) is 0 Å². The molecule has 1 atom stereocenters. The van der Waals surface area contributed by atoms with Gasteiger partial charge in [-0.3, -0.25) is 0 Å². The Balaban J connectivity index is 2.36. The Morgan fingerprint density at radius 1 is 1.29 bits per heavy atom. The summed E-state index contributed by atoms with van der Waals surface area (Å²) >= 11 is 0. The molecule has 14 heavy (non-hydrogen) atoms. The lowest BCUT2D eigenvalue weighted by atomic mass is 9.94. The number of alkyl halides is 2. The first-order valence-corrected chi connectivity index (χ1v) is 4.77. The van der Waals surface area contributed by atoms with E-state index >= 15 is 0 Å². The van der Waals surface area contributed by atoms with Crippen molar-refractivity contribution >= 4 is 0 Å². The van der Waals surface area contributed by atoms with Gasteiger partial charge in [-0.05, 0) is 18.9 Å². The highest BCUT2D eigenvalue weighted by molar-refractivity contribution is 5.36. The quantitative estimate of drug-likeness (QED) is 0.734. The van der Waals surface area contributed by atoms with Crippen molar-refractivity contribution < 1.29 is 13.9 Å². The summed E-state index contributed by atoms with van der Waals surface area (Å²) < 4.78 is 26.7. The van der Waals surface area contributed by atoms with Gasteiger partial charge in [0.2, 0.25) is 0 Å². The predicted molar refractivity (Wildman–Crippen MR) is 49.6 cm³/mol. The van der Waals surface area contributed by atoms with E-state index in [0.29, 0.717) is 18.4 Å². The number of halogens is 2. The highest BCUT2D eigenvalue weighted by Gasteiger charge is 2.45. The lowest BCUT2D eigenvalue weighted by Gasteiger charge is -2.19. The number of para-hydroxylation sites is 1. The van der Waals surface area contributed by atoms with Crippen LogP contribution < -0.4 is 0 Å². The molecule has 2 rings (SSSR count). The summed E-state index contributed by atoms with van der Waals surface area (Å²) in [5.74, 6) is -3.47. The van der Waals surface area contributed by atoms with Crippen LogP contribution in [0.4, 0.5) is 8.78 Å². The first-order valence-electron chi connectivity index (χ1n) is 4.77. The number of hydrogen-bond donors (Lipinski definition) is 1. The van der Waals surface area contributed by atoms with Crippen molar-refractivity contribution in [2.45, 2.75) is 31.1 Å². The number of benzene rings is 1. The van der Waals surface area contributed by atoms with E-state index in [4.69, 9.17) is 0 Å². The van der Waals surface area contributed by atoms with Gasteiger partial charge in [-0.1, -0.05) is 18.2 Å². The zero-order valence-corrected chi connectivity index (χ0v) is 7.71. The van der Waals surface area contributed by atoms with Gasteiger partial charge in [-0.15, -0.1) is 0 Å². The van der Waals surface area contributed by atoms with Gasteiger partial charge in [-0.25, -0.2) is 8.78 Å². The lowest BCUT2D eigenvalue weighted by molar-refractivity contribution is -0.00954. The smallest absolute Gasteiger partial charge is 0.255 e. The Bertz CT molecular complexity index is 336. The third-order valence-corrected chi connectivity index (χ3v) is 2.82. The molecule has 1 fully saturated rings. The molecule has 1 N–H and O–H groups in total. The molecule has 0 aliphatic heterocycles. The normalized spacial score (nSPS) is 25.1. The fourth-order valence-corrected chi connectivity index (χ4v) is 2.09. The summed E-state index contributed by atoms with van der Waals surface area (Å²) in [6.45, 7) is 0. The third-order valence-electron chi connectivity index (χ3n) is 2.82. The molecule has 1 saturated carbocycles. The number of phenols is 1. The van der Waals surface area contributed by atoms with Crippen LogP contribution in [0.5, 0.6) is 5.75 Å². The summed E-state index contributed by atoms with van der Waals surface area (Å²) in [5.41, 5.74) is 0.384. The zero-order valence-electron chi connectivity index (χ0n) is 7.71. The van der Waals surface area contributed by atoms with Gasteiger partial charge in [0.05, 0.1) is 5.92 Å². The van der Waals surface area contributed by atoms with Crippen LogP contribution in [0.15, 0.2) is 24.3 Å². The minimum atomic E-state index is -2.65.